The first-order chi connectivity index (χ1) is 8.49. The zero-order valence-electron chi connectivity index (χ0n) is 11.4. The van der Waals surface area contributed by atoms with Crippen molar-refractivity contribution in [2.45, 2.75) is 45.6 Å². The number of thiocarbonyl (C=S) groups is 1. The summed E-state index contributed by atoms with van der Waals surface area (Å²) in [6.07, 6.45) is 4.79. The van der Waals surface area contributed by atoms with E-state index in [-0.39, 0.29) is 5.91 Å². The molecule has 0 heterocycles. The van der Waals surface area contributed by atoms with Crippen molar-refractivity contribution in [2.24, 2.45) is 11.7 Å². The van der Waals surface area contributed by atoms with Gasteiger partial charge in [-0.2, -0.15) is 0 Å². The third kappa shape index (κ3) is 5.78. The second-order valence-electron chi connectivity index (χ2n) is 5.51. The molecule has 1 rings (SSSR count). The molecule has 1 saturated carbocycles. The summed E-state index contributed by atoms with van der Waals surface area (Å²) in [5.74, 6) is 0.552. The molecule has 1 aliphatic carbocycles. The van der Waals surface area contributed by atoms with Gasteiger partial charge in [0.25, 0.3) is 0 Å². The van der Waals surface area contributed by atoms with Gasteiger partial charge in [-0.25, -0.2) is 0 Å². The lowest BCUT2D eigenvalue weighted by atomic mass is 10.2. The number of hydrogen-bond acceptors (Lipinski definition) is 3. The van der Waals surface area contributed by atoms with E-state index in [0.29, 0.717) is 30.0 Å². The van der Waals surface area contributed by atoms with Crippen LogP contribution in [0.4, 0.5) is 0 Å². The number of amides is 1. The lowest BCUT2D eigenvalue weighted by molar-refractivity contribution is -0.122. The number of hydrogen-bond donors (Lipinski definition) is 2. The van der Waals surface area contributed by atoms with E-state index in [0.717, 1.165) is 19.4 Å². The van der Waals surface area contributed by atoms with Gasteiger partial charge >= 0.3 is 0 Å². The Kier molecular flexibility index (Phi) is 6.57. The quantitative estimate of drug-likeness (QED) is 0.685. The molecule has 0 radical (unpaired) electrons. The summed E-state index contributed by atoms with van der Waals surface area (Å²) >= 11 is 4.97. The average Bonchev–Trinajstić information content (AvgIpc) is 2.78. The predicted octanol–water partition coefficient (Wildman–Crippen LogP) is 1.29. The summed E-state index contributed by atoms with van der Waals surface area (Å²) < 4.78 is 0. The molecule has 5 heteroatoms. The summed E-state index contributed by atoms with van der Waals surface area (Å²) in [5, 5.41) is 2.94. The summed E-state index contributed by atoms with van der Waals surface area (Å²) in [6.45, 7) is 5.86. The van der Waals surface area contributed by atoms with Gasteiger partial charge in [-0.3, -0.25) is 9.69 Å². The molecule has 18 heavy (non-hydrogen) atoms. The number of carbonyl (C=O) groups excluding carboxylic acids is 1. The molecule has 1 fully saturated rings. The minimum Gasteiger partial charge on any atom is -0.392 e. The standard InChI is InChI=1S/C13H25N3OS/c1-10(2)7-15-13(17)9-16(8-12(14)18)11-5-3-4-6-11/h10-11H,3-9H2,1-2H3,(H2,14,18)(H,15,17). The van der Waals surface area contributed by atoms with E-state index in [2.05, 4.69) is 24.1 Å². The third-order valence-corrected chi connectivity index (χ3v) is 3.38. The number of rotatable bonds is 7. The molecule has 0 saturated heterocycles. The highest BCUT2D eigenvalue weighted by Gasteiger charge is 2.24. The molecule has 1 aliphatic rings. The molecule has 1 amide bonds. The van der Waals surface area contributed by atoms with Crippen molar-refractivity contribution in [3.05, 3.63) is 0 Å². The fourth-order valence-electron chi connectivity index (χ4n) is 2.34. The van der Waals surface area contributed by atoms with E-state index >= 15 is 0 Å². The molecule has 0 aromatic heterocycles. The van der Waals surface area contributed by atoms with Gasteiger partial charge in [-0.05, 0) is 18.8 Å². The van der Waals surface area contributed by atoms with Gasteiger partial charge in [0.1, 0.15) is 0 Å². The largest absolute Gasteiger partial charge is 0.392 e. The number of carbonyl (C=O) groups is 1. The number of nitrogens with one attached hydrogen (secondary N) is 1. The summed E-state index contributed by atoms with van der Waals surface area (Å²) in [6, 6.07) is 0.469. The first-order valence-electron chi connectivity index (χ1n) is 6.78. The van der Waals surface area contributed by atoms with Crippen molar-refractivity contribution < 1.29 is 4.79 Å². The Morgan fingerprint density at radius 2 is 2.00 bits per heavy atom. The van der Waals surface area contributed by atoms with Crippen LogP contribution in [0.2, 0.25) is 0 Å². The van der Waals surface area contributed by atoms with Gasteiger partial charge < -0.3 is 11.1 Å². The maximum Gasteiger partial charge on any atom is 0.234 e. The molecule has 4 nitrogen and oxygen atoms in total. The first kappa shape index (κ1) is 15.4. The van der Waals surface area contributed by atoms with Crippen molar-refractivity contribution in [3.63, 3.8) is 0 Å². The molecule has 0 atom stereocenters. The number of nitrogens with zero attached hydrogens (tertiary/aromatic N) is 1. The van der Waals surface area contributed by atoms with E-state index in [1.807, 2.05) is 0 Å². The van der Waals surface area contributed by atoms with Gasteiger partial charge in [0.05, 0.1) is 11.5 Å². The summed E-state index contributed by atoms with van der Waals surface area (Å²) in [4.78, 5) is 14.5. The van der Waals surface area contributed by atoms with Crippen LogP contribution in [0.25, 0.3) is 0 Å². The summed E-state index contributed by atoms with van der Waals surface area (Å²) in [5.41, 5.74) is 5.62. The fourth-order valence-corrected chi connectivity index (χ4v) is 2.51. The van der Waals surface area contributed by atoms with Crippen LogP contribution in [0.5, 0.6) is 0 Å². The molecule has 104 valence electrons. The van der Waals surface area contributed by atoms with Gasteiger partial charge in [-0.1, -0.05) is 38.9 Å². The first-order valence-corrected chi connectivity index (χ1v) is 7.19. The Balaban J connectivity index is 2.44. The van der Waals surface area contributed by atoms with Crippen LogP contribution in [-0.4, -0.2) is 41.5 Å². The molecule has 0 bridgehead atoms. The van der Waals surface area contributed by atoms with Gasteiger partial charge in [0.15, 0.2) is 0 Å². The minimum atomic E-state index is 0.0758. The van der Waals surface area contributed by atoms with E-state index in [1.165, 1.54) is 12.8 Å². The molecule has 0 aromatic rings. The van der Waals surface area contributed by atoms with E-state index in [1.54, 1.807) is 0 Å². The second-order valence-corrected chi connectivity index (χ2v) is 6.03. The summed E-state index contributed by atoms with van der Waals surface area (Å²) in [7, 11) is 0. The van der Waals surface area contributed by atoms with Gasteiger partial charge in [0, 0.05) is 19.1 Å². The maximum absolute atomic E-state index is 11.9. The molecular formula is C13H25N3OS. The second kappa shape index (κ2) is 7.69. The Morgan fingerprint density at radius 3 is 2.50 bits per heavy atom. The molecule has 0 aliphatic heterocycles. The fraction of sp³-hybridized carbons (Fsp3) is 0.846. The van der Waals surface area contributed by atoms with Crippen LogP contribution in [0, 0.1) is 5.92 Å². The smallest absolute Gasteiger partial charge is 0.234 e. The lowest BCUT2D eigenvalue weighted by Crippen LogP contribution is -2.46. The Bertz CT molecular complexity index is 288. The minimum absolute atomic E-state index is 0.0758. The van der Waals surface area contributed by atoms with E-state index < -0.39 is 0 Å². The third-order valence-electron chi connectivity index (χ3n) is 3.25. The highest BCUT2D eigenvalue weighted by atomic mass is 32.1. The molecule has 0 aromatic carbocycles. The molecule has 0 spiro atoms. The molecule has 3 N–H and O–H groups in total. The maximum atomic E-state index is 11.9. The zero-order valence-corrected chi connectivity index (χ0v) is 12.3. The van der Waals surface area contributed by atoms with E-state index in [4.69, 9.17) is 18.0 Å². The van der Waals surface area contributed by atoms with Crippen LogP contribution in [0.15, 0.2) is 0 Å². The van der Waals surface area contributed by atoms with Crippen LogP contribution < -0.4 is 11.1 Å². The monoisotopic (exact) mass is 271 g/mol. The molecular weight excluding hydrogens is 246 g/mol. The predicted molar refractivity (Wildman–Crippen MR) is 78.5 cm³/mol. The van der Waals surface area contributed by atoms with E-state index in [9.17, 15) is 4.79 Å². The van der Waals surface area contributed by atoms with Crippen LogP contribution in [-0.2, 0) is 4.79 Å². The Labute approximate surface area is 115 Å². The highest BCUT2D eigenvalue weighted by Crippen LogP contribution is 2.23. The Hall–Kier alpha value is -0.680. The van der Waals surface area contributed by atoms with Crippen molar-refractivity contribution in [1.82, 2.24) is 10.2 Å². The van der Waals surface area contributed by atoms with Gasteiger partial charge in [-0.15, -0.1) is 0 Å². The van der Waals surface area contributed by atoms with Gasteiger partial charge in [0.2, 0.25) is 5.91 Å². The molecule has 0 unspecified atom stereocenters. The lowest BCUT2D eigenvalue weighted by Gasteiger charge is -2.27. The van der Waals surface area contributed by atoms with Crippen LogP contribution >= 0.6 is 12.2 Å². The normalized spacial score (nSPS) is 16.4. The topological polar surface area (TPSA) is 58.4 Å². The van der Waals surface area contributed by atoms with Crippen molar-refractivity contribution in [2.75, 3.05) is 19.6 Å². The van der Waals surface area contributed by atoms with Crippen LogP contribution in [0.3, 0.4) is 0 Å². The average molecular weight is 271 g/mol. The zero-order chi connectivity index (χ0) is 13.5. The highest BCUT2D eigenvalue weighted by molar-refractivity contribution is 7.80. The van der Waals surface area contributed by atoms with Crippen molar-refractivity contribution in [1.29, 1.82) is 0 Å². The Morgan fingerprint density at radius 1 is 1.39 bits per heavy atom. The van der Waals surface area contributed by atoms with Crippen molar-refractivity contribution >= 4 is 23.1 Å². The SMILES string of the molecule is CC(C)CNC(=O)CN(CC(N)=S)C1CCCC1. The van der Waals surface area contributed by atoms with Crippen LogP contribution in [0.1, 0.15) is 39.5 Å². The number of nitrogens with two attached hydrogens (primary N) is 1. The van der Waals surface area contributed by atoms with Crippen molar-refractivity contribution in [3.8, 4) is 0 Å².